The number of aromatic nitrogens is 2. The third-order valence-electron chi connectivity index (χ3n) is 2.61. The highest BCUT2D eigenvalue weighted by Gasteiger charge is 2.41. The fourth-order valence-corrected chi connectivity index (χ4v) is 1.64. The minimum Gasteiger partial charge on any atom is -0.418 e. The van der Waals surface area contributed by atoms with Crippen LogP contribution in [0.15, 0.2) is 23.3 Å². The van der Waals surface area contributed by atoms with Crippen molar-refractivity contribution in [3.05, 3.63) is 34.4 Å². The number of aryl methyl sites for hydroxylation is 1. The monoisotopic (exact) mass is 286 g/mol. The zero-order valence-corrected chi connectivity index (χ0v) is 10.2. The number of hydrogen-bond acceptors (Lipinski definition) is 4. The quantitative estimate of drug-likeness (QED) is 0.676. The van der Waals surface area contributed by atoms with Crippen LogP contribution in [0.1, 0.15) is 12.5 Å². The molecule has 0 atom stereocenters. The topological polar surface area (TPSA) is 72.0 Å². The first kappa shape index (κ1) is 14.0. The number of nitrogens with one attached hydrogen (secondary N) is 1. The first-order valence-electron chi connectivity index (χ1n) is 5.62. The van der Waals surface area contributed by atoms with E-state index in [0.29, 0.717) is 12.0 Å². The van der Waals surface area contributed by atoms with Crippen molar-refractivity contribution >= 4 is 16.9 Å². The Labute approximate surface area is 110 Å². The maximum Gasteiger partial charge on any atom is 0.491 e. The Morgan fingerprint density at radius 3 is 2.70 bits per heavy atom. The van der Waals surface area contributed by atoms with Crippen molar-refractivity contribution in [1.82, 2.24) is 9.97 Å². The smallest absolute Gasteiger partial charge is 0.418 e. The number of alkyl halides is 3. The predicted molar refractivity (Wildman–Crippen MR) is 63.4 cm³/mol. The van der Waals surface area contributed by atoms with Gasteiger partial charge < -0.3 is 9.72 Å². The molecular weight excluding hydrogens is 277 g/mol. The summed E-state index contributed by atoms with van der Waals surface area (Å²) in [6.45, 7) is 1.75. The summed E-state index contributed by atoms with van der Waals surface area (Å²) in [7, 11) is 0. The van der Waals surface area contributed by atoms with Crippen LogP contribution in [0.4, 0.5) is 13.2 Å². The zero-order chi connectivity index (χ0) is 14.9. The van der Waals surface area contributed by atoms with E-state index < -0.39 is 17.7 Å². The van der Waals surface area contributed by atoms with Crippen molar-refractivity contribution in [1.29, 1.82) is 0 Å². The molecule has 0 saturated carbocycles. The first-order chi connectivity index (χ1) is 9.32. The molecule has 8 heteroatoms. The van der Waals surface area contributed by atoms with E-state index in [0.717, 1.165) is 6.33 Å². The molecule has 2 rings (SSSR count). The van der Waals surface area contributed by atoms with Gasteiger partial charge in [-0.05, 0) is 24.1 Å². The fourth-order valence-electron chi connectivity index (χ4n) is 1.64. The maximum absolute atomic E-state index is 12.2. The van der Waals surface area contributed by atoms with Crippen molar-refractivity contribution < 1.29 is 22.7 Å². The molecule has 0 unspecified atom stereocenters. The van der Waals surface area contributed by atoms with Crippen LogP contribution < -0.4 is 10.3 Å². The van der Waals surface area contributed by atoms with E-state index in [1.807, 2.05) is 0 Å². The third-order valence-corrected chi connectivity index (χ3v) is 2.61. The number of fused-ring (bicyclic) bond motifs is 1. The molecule has 5 nitrogen and oxygen atoms in total. The van der Waals surface area contributed by atoms with Crippen LogP contribution in [-0.4, -0.2) is 22.1 Å². The minimum absolute atomic E-state index is 0.0665. The number of hydrogen-bond donors (Lipinski definition) is 1. The predicted octanol–water partition coefficient (Wildman–Crippen LogP) is 1.95. The molecule has 0 amide bonds. The highest BCUT2D eigenvalue weighted by Crippen LogP contribution is 2.26. The third kappa shape index (κ3) is 2.63. The molecule has 106 valence electrons. The van der Waals surface area contributed by atoms with Crippen molar-refractivity contribution in [3.8, 4) is 5.75 Å². The summed E-state index contributed by atoms with van der Waals surface area (Å²) in [5.74, 6) is -2.73. The summed E-state index contributed by atoms with van der Waals surface area (Å²) < 4.78 is 41.0. The Balaban J connectivity index is 2.60. The molecular formula is C12H9F3N2O3. The van der Waals surface area contributed by atoms with Crippen LogP contribution in [0.3, 0.4) is 0 Å². The highest BCUT2D eigenvalue weighted by atomic mass is 19.4. The van der Waals surface area contributed by atoms with Gasteiger partial charge in [-0.15, -0.1) is 0 Å². The lowest BCUT2D eigenvalue weighted by molar-refractivity contribution is -0.189. The average molecular weight is 286 g/mol. The van der Waals surface area contributed by atoms with E-state index in [-0.39, 0.29) is 16.7 Å². The van der Waals surface area contributed by atoms with Crippen LogP contribution >= 0.6 is 0 Å². The number of carbonyl (C=O) groups excluding carboxylic acids is 1. The van der Waals surface area contributed by atoms with Crippen molar-refractivity contribution in [3.63, 3.8) is 0 Å². The standard InChI is InChI=1S/C12H9F3N2O3/c1-2-6-3-7-9(16-5-17-10(7)18)8(4-6)20-11(19)12(13,14)15/h3-5H,2H2,1H3,(H,16,17,18). The number of ether oxygens (including phenoxy) is 1. The summed E-state index contributed by atoms with van der Waals surface area (Å²) in [6, 6.07) is 2.75. The lowest BCUT2D eigenvalue weighted by Crippen LogP contribution is -2.28. The number of carbonyl (C=O) groups is 1. The number of nitrogens with zero attached hydrogens (tertiary/aromatic N) is 1. The van der Waals surface area contributed by atoms with Crippen molar-refractivity contribution in [2.75, 3.05) is 0 Å². The van der Waals surface area contributed by atoms with Crippen LogP contribution in [0.5, 0.6) is 5.75 Å². The summed E-state index contributed by atoms with van der Waals surface area (Å²) in [4.78, 5) is 28.6. The highest BCUT2D eigenvalue weighted by molar-refractivity contribution is 5.88. The van der Waals surface area contributed by atoms with Crippen LogP contribution in [0.25, 0.3) is 10.9 Å². The summed E-state index contributed by atoms with van der Waals surface area (Å²) >= 11 is 0. The summed E-state index contributed by atoms with van der Waals surface area (Å²) in [6.07, 6.45) is -3.63. The molecule has 0 radical (unpaired) electrons. The van der Waals surface area contributed by atoms with Crippen LogP contribution in [0, 0.1) is 0 Å². The molecule has 1 heterocycles. The van der Waals surface area contributed by atoms with Gasteiger partial charge >= 0.3 is 12.1 Å². The Morgan fingerprint density at radius 2 is 2.10 bits per heavy atom. The lowest BCUT2D eigenvalue weighted by atomic mass is 10.1. The molecule has 0 spiro atoms. The molecule has 0 aliphatic carbocycles. The summed E-state index contributed by atoms with van der Waals surface area (Å²) in [5, 5.41) is 0.0665. The molecule has 1 aromatic heterocycles. The number of H-pyrrole nitrogens is 1. The van der Waals surface area contributed by atoms with Crippen LogP contribution in [-0.2, 0) is 11.2 Å². The van der Waals surface area contributed by atoms with E-state index in [1.165, 1.54) is 12.1 Å². The molecule has 0 fully saturated rings. The van der Waals surface area contributed by atoms with E-state index in [2.05, 4.69) is 14.7 Å². The van der Waals surface area contributed by atoms with Gasteiger partial charge in [0, 0.05) is 0 Å². The largest absolute Gasteiger partial charge is 0.491 e. The minimum atomic E-state index is -5.12. The van der Waals surface area contributed by atoms with Gasteiger partial charge in [-0.25, -0.2) is 9.78 Å². The Morgan fingerprint density at radius 1 is 1.40 bits per heavy atom. The Kier molecular flexibility index (Phi) is 3.47. The molecule has 0 aliphatic rings. The van der Waals surface area contributed by atoms with Gasteiger partial charge in [-0.1, -0.05) is 6.92 Å². The SMILES string of the molecule is CCc1cc(OC(=O)C(F)(F)F)c2nc[nH]c(=O)c2c1. The molecule has 1 aromatic carbocycles. The first-order valence-corrected chi connectivity index (χ1v) is 5.62. The summed E-state index contributed by atoms with van der Waals surface area (Å²) in [5.41, 5.74) is -0.0564. The van der Waals surface area contributed by atoms with Crippen LogP contribution in [0.2, 0.25) is 0 Å². The van der Waals surface area contributed by atoms with Gasteiger partial charge in [0.2, 0.25) is 0 Å². The van der Waals surface area contributed by atoms with Gasteiger partial charge in [-0.3, -0.25) is 4.79 Å². The average Bonchev–Trinajstić information content (AvgIpc) is 2.38. The zero-order valence-electron chi connectivity index (χ0n) is 10.2. The second kappa shape index (κ2) is 4.95. The number of rotatable bonds is 2. The Bertz CT molecular complexity index is 722. The van der Waals surface area contributed by atoms with Gasteiger partial charge in [0.25, 0.3) is 5.56 Å². The lowest BCUT2D eigenvalue weighted by Gasteiger charge is -2.10. The molecule has 2 aromatic rings. The number of halogens is 3. The van der Waals surface area contributed by atoms with E-state index in [1.54, 1.807) is 6.92 Å². The Hall–Kier alpha value is -2.38. The number of esters is 1. The molecule has 0 bridgehead atoms. The van der Waals surface area contributed by atoms with Gasteiger partial charge in [-0.2, -0.15) is 13.2 Å². The van der Waals surface area contributed by atoms with Gasteiger partial charge in [0.1, 0.15) is 5.52 Å². The maximum atomic E-state index is 12.2. The second-order valence-corrected chi connectivity index (χ2v) is 3.96. The number of aromatic amines is 1. The van der Waals surface area contributed by atoms with E-state index in [9.17, 15) is 22.8 Å². The van der Waals surface area contributed by atoms with E-state index >= 15 is 0 Å². The van der Waals surface area contributed by atoms with Gasteiger partial charge in [0.05, 0.1) is 11.7 Å². The van der Waals surface area contributed by atoms with Crippen molar-refractivity contribution in [2.24, 2.45) is 0 Å². The van der Waals surface area contributed by atoms with Gasteiger partial charge in [0.15, 0.2) is 5.75 Å². The fraction of sp³-hybridized carbons (Fsp3) is 0.250. The normalized spacial score (nSPS) is 11.6. The molecule has 0 saturated heterocycles. The molecule has 1 N–H and O–H groups in total. The van der Waals surface area contributed by atoms with Crippen molar-refractivity contribution in [2.45, 2.75) is 19.5 Å². The number of benzene rings is 1. The molecule has 20 heavy (non-hydrogen) atoms. The molecule has 0 aliphatic heterocycles. The van der Waals surface area contributed by atoms with E-state index in [4.69, 9.17) is 0 Å². The second-order valence-electron chi connectivity index (χ2n) is 3.96.